The van der Waals surface area contributed by atoms with Crippen molar-refractivity contribution < 1.29 is 0 Å². The Hall–Kier alpha value is -1.03. The highest BCUT2D eigenvalue weighted by Crippen LogP contribution is 2.11. The van der Waals surface area contributed by atoms with Crippen molar-refractivity contribution in [2.75, 3.05) is 18.4 Å². The smallest absolute Gasteiger partial charge is 0.195 e. The molecule has 0 saturated heterocycles. The Morgan fingerprint density at radius 1 is 1.54 bits per heavy atom. The number of anilines is 1. The zero-order valence-corrected chi connectivity index (χ0v) is 8.82. The number of hydrogen-bond acceptors (Lipinski definition) is 2. The van der Waals surface area contributed by atoms with Crippen molar-refractivity contribution in [2.45, 2.75) is 13.8 Å². The van der Waals surface area contributed by atoms with Crippen molar-refractivity contribution in [1.29, 1.82) is 0 Å². The van der Waals surface area contributed by atoms with Crippen LogP contribution in [-0.2, 0) is 0 Å². The molecule has 0 fully saturated rings. The normalized spacial score (nSPS) is 11.4. The Kier molecular flexibility index (Phi) is 4.32. The minimum absolute atomic E-state index is 0.791. The van der Waals surface area contributed by atoms with Gasteiger partial charge in [0.15, 0.2) is 5.96 Å². The fraction of sp³-hybridized carbons (Fsp3) is 0.444. The Bertz CT molecular complexity index is 254. The van der Waals surface area contributed by atoms with E-state index in [1.165, 1.54) is 0 Å². The molecule has 1 heterocycles. The number of thiophene rings is 1. The molecule has 0 aromatic carbocycles. The van der Waals surface area contributed by atoms with Crippen LogP contribution in [0.3, 0.4) is 0 Å². The molecule has 0 radical (unpaired) electrons. The zero-order valence-electron chi connectivity index (χ0n) is 8.00. The lowest BCUT2D eigenvalue weighted by atomic mass is 10.5. The second kappa shape index (κ2) is 5.59. The molecule has 1 aromatic heterocycles. The molecule has 0 aliphatic heterocycles. The first-order valence-corrected chi connectivity index (χ1v) is 5.38. The molecule has 0 spiro atoms. The summed E-state index contributed by atoms with van der Waals surface area (Å²) >= 11 is 1.67. The Morgan fingerprint density at radius 2 is 2.38 bits per heavy atom. The van der Waals surface area contributed by atoms with Crippen LogP contribution in [0, 0.1) is 0 Å². The number of nitrogens with zero attached hydrogens (tertiary/aromatic N) is 1. The molecule has 1 aromatic rings. The van der Waals surface area contributed by atoms with E-state index in [0.717, 1.165) is 24.7 Å². The lowest BCUT2D eigenvalue weighted by Gasteiger charge is -2.08. The predicted octanol–water partition coefficient (Wildman–Crippen LogP) is 2.15. The monoisotopic (exact) mass is 197 g/mol. The fourth-order valence-corrected chi connectivity index (χ4v) is 1.53. The summed E-state index contributed by atoms with van der Waals surface area (Å²) in [6.45, 7) is 5.75. The second-order valence-electron chi connectivity index (χ2n) is 2.49. The summed E-state index contributed by atoms with van der Waals surface area (Å²) in [5.74, 6) is 0.850. The maximum absolute atomic E-state index is 4.29. The summed E-state index contributed by atoms with van der Waals surface area (Å²) < 4.78 is 0. The van der Waals surface area contributed by atoms with Gasteiger partial charge in [-0.2, -0.15) is 11.3 Å². The van der Waals surface area contributed by atoms with Crippen LogP contribution < -0.4 is 10.6 Å². The Morgan fingerprint density at radius 3 is 2.92 bits per heavy atom. The van der Waals surface area contributed by atoms with Gasteiger partial charge in [0.05, 0.1) is 5.69 Å². The van der Waals surface area contributed by atoms with E-state index >= 15 is 0 Å². The van der Waals surface area contributed by atoms with Crippen LogP contribution in [0.4, 0.5) is 5.69 Å². The molecule has 0 saturated carbocycles. The zero-order chi connectivity index (χ0) is 9.52. The molecule has 0 unspecified atom stereocenters. The molecular formula is C9H15N3S. The molecule has 72 valence electrons. The van der Waals surface area contributed by atoms with E-state index in [4.69, 9.17) is 0 Å². The minimum Gasteiger partial charge on any atom is -0.356 e. The molecule has 0 amide bonds. The van der Waals surface area contributed by atoms with Gasteiger partial charge in [-0.15, -0.1) is 0 Å². The van der Waals surface area contributed by atoms with Crippen molar-refractivity contribution in [2.24, 2.45) is 4.99 Å². The summed E-state index contributed by atoms with van der Waals surface area (Å²) in [6, 6.07) is 2.03. The van der Waals surface area contributed by atoms with Gasteiger partial charge >= 0.3 is 0 Å². The highest BCUT2D eigenvalue weighted by atomic mass is 32.1. The van der Waals surface area contributed by atoms with Gasteiger partial charge in [0, 0.05) is 18.5 Å². The van der Waals surface area contributed by atoms with Crippen molar-refractivity contribution in [3.8, 4) is 0 Å². The topological polar surface area (TPSA) is 36.4 Å². The lowest BCUT2D eigenvalue weighted by molar-refractivity contribution is 0.944. The first kappa shape index (κ1) is 10.1. The van der Waals surface area contributed by atoms with E-state index < -0.39 is 0 Å². The van der Waals surface area contributed by atoms with Gasteiger partial charge in [-0.25, -0.2) is 0 Å². The number of nitrogens with one attached hydrogen (secondary N) is 2. The SMILES string of the molecule is CCN=C(NCC)Nc1ccsc1. The first-order valence-electron chi connectivity index (χ1n) is 4.44. The van der Waals surface area contributed by atoms with E-state index in [1.807, 2.05) is 18.4 Å². The van der Waals surface area contributed by atoms with Crippen molar-refractivity contribution in [1.82, 2.24) is 5.32 Å². The average Bonchev–Trinajstić information content (AvgIpc) is 2.58. The van der Waals surface area contributed by atoms with E-state index in [-0.39, 0.29) is 0 Å². The minimum atomic E-state index is 0.791. The van der Waals surface area contributed by atoms with Crippen LogP contribution in [0.5, 0.6) is 0 Å². The van der Waals surface area contributed by atoms with Crippen molar-refractivity contribution >= 4 is 23.0 Å². The van der Waals surface area contributed by atoms with Gasteiger partial charge in [0.25, 0.3) is 0 Å². The van der Waals surface area contributed by atoms with Crippen LogP contribution in [0.1, 0.15) is 13.8 Å². The van der Waals surface area contributed by atoms with Gasteiger partial charge in [-0.05, 0) is 25.3 Å². The summed E-state index contributed by atoms with van der Waals surface area (Å²) in [6.07, 6.45) is 0. The predicted molar refractivity (Wildman–Crippen MR) is 59.6 cm³/mol. The van der Waals surface area contributed by atoms with Crippen LogP contribution in [0.2, 0.25) is 0 Å². The Balaban J connectivity index is 2.52. The first-order chi connectivity index (χ1) is 6.36. The van der Waals surface area contributed by atoms with E-state index in [0.29, 0.717) is 0 Å². The standard InChI is InChI=1S/C9H15N3S/c1-3-10-9(11-4-2)12-8-5-6-13-7-8/h5-7H,3-4H2,1-2H3,(H2,10,11,12). The number of hydrogen-bond donors (Lipinski definition) is 2. The van der Waals surface area contributed by atoms with Gasteiger partial charge in [0.2, 0.25) is 0 Å². The third-order valence-electron chi connectivity index (χ3n) is 1.44. The maximum atomic E-state index is 4.29. The lowest BCUT2D eigenvalue weighted by Crippen LogP contribution is -2.30. The van der Waals surface area contributed by atoms with Crippen LogP contribution >= 0.6 is 11.3 Å². The molecular weight excluding hydrogens is 182 g/mol. The van der Waals surface area contributed by atoms with Crippen molar-refractivity contribution in [3.05, 3.63) is 16.8 Å². The average molecular weight is 197 g/mol. The highest BCUT2D eigenvalue weighted by Gasteiger charge is 1.96. The summed E-state index contributed by atoms with van der Waals surface area (Å²) in [5, 5.41) is 10.5. The molecule has 3 nitrogen and oxygen atoms in total. The van der Waals surface area contributed by atoms with Crippen LogP contribution in [-0.4, -0.2) is 19.0 Å². The summed E-state index contributed by atoms with van der Waals surface area (Å²) in [5.41, 5.74) is 1.10. The maximum Gasteiger partial charge on any atom is 0.195 e. The second-order valence-corrected chi connectivity index (χ2v) is 3.27. The largest absolute Gasteiger partial charge is 0.356 e. The highest BCUT2D eigenvalue weighted by molar-refractivity contribution is 7.08. The van der Waals surface area contributed by atoms with Crippen LogP contribution in [0.25, 0.3) is 0 Å². The summed E-state index contributed by atoms with van der Waals surface area (Å²) in [7, 11) is 0. The third kappa shape index (κ3) is 3.46. The van der Waals surface area contributed by atoms with E-state index in [2.05, 4.69) is 27.9 Å². The number of rotatable bonds is 3. The number of guanidine groups is 1. The van der Waals surface area contributed by atoms with Crippen molar-refractivity contribution in [3.63, 3.8) is 0 Å². The van der Waals surface area contributed by atoms with Gasteiger partial charge < -0.3 is 10.6 Å². The van der Waals surface area contributed by atoms with Gasteiger partial charge in [0.1, 0.15) is 0 Å². The fourth-order valence-electron chi connectivity index (χ4n) is 0.937. The molecule has 13 heavy (non-hydrogen) atoms. The molecule has 0 bridgehead atoms. The van der Waals surface area contributed by atoms with Gasteiger partial charge in [-0.3, -0.25) is 4.99 Å². The molecule has 0 atom stereocenters. The van der Waals surface area contributed by atoms with E-state index in [9.17, 15) is 0 Å². The Labute approximate surface area is 82.9 Å². The molecule has 0 aliphatic carbocycles. The van der Waals surface area contributed by atoms with Crippen LogP contribution in [0.15, 0.2) is 21.8 Å². The number of aliphatic imine (C=N–C) groups is 1. The third-order valence-corrected chi connectivity index (χ3v) is 2.13. The molecule has 1 rings (SSSR count). The molecule has 0 aliphatic rings. The quantitative estimate of drug-likeness (QED) is 0.575. The summed E-state index contributed by atoms with van der Waals surface area (Å²) in [4.78, 5) is 4.29. The van der Waals surface area contributed by atoms with E-state index in [1.54, 1.807) is 11.3 Å². The molecule has 2 N–H and O–H groups in total. The molecule has 4 heteroatoms. The van der Waals surface area contributed by atoms with Gasteiger partial charge in [-0.1, -0.05) is 0 Å².